The van der Waals surface area contributed by atoms with Crippen LogP contribution in [0, 0.1) is 0 Å². The molecule has 108 valence electrons. The van der Waals surface area contributed by atoms with E-state index < -0.39 is 5.97 Å². The number of carboxylic acids is 1. The highest BCUT2D eigenvalue weighted by atomic mass is 16.5. The van der Waals surface area contributed by atoms with Crippen molar-refractivity contribution in [3.63, 3.8) is 0 Å². The summed E-state index contributed by atoms with van der Waals surface area (Å²) in [5.41, 5.74) is 2.04. The van der Waals surface area contributed by atoms with Crippen LogP contribution in [0.1, 0.15) is 37.2 Å². The molecule has 0 aliphatic carbocycles. The molecule has 3 rings (SSSR count). The second kappa shape index (κ2) is 5.83. The molecule has 1 saturated heterocycles. The Morgan fingerprint density at radius 3 is 2.95 bits per heavy atom. The monoisotopic (exact) mass is 275 g/mol. The number of carbonyl (C=O) groups is 1. The van der Waals surface area contributed by atoms with Gasteiger partial charge in [0.25, 0.3) is 0 Å². The fourth-order valence-corrected chi connectivity index (χ4v) is 3.29. The topological polar surface area (TPSA) is 49.8 Å². The van der Waals surface area contributed by atoms with Gasteiger partial charge in [-0.1, -0.05) is 18.2 Å². The summed E-state index contributed by atoms with van der Waals surface area (Å²) in [5, 5.41) is 9.34. The van der Waals surface area contributed by atoms with Crippen molar-refractivity contribution in [1.82, 2.24) is 0 Å². The number of hydrogen-bond donors (Lipinski definition) is 1. The van der Waals surface area contributed by atoms with Gasteiger partial charge in [0, 0.05) is 25.4 Å². The van der Waals surface area contributed by atoms with Crippen molar-refractivity contribution in [2.75, 3.05) is 24.6 Å². The minimum atomic E-state index is -0.712. The number of aliphatic carboxylic acids is 1. The predicted octanol–water partition coefficient (Wildman–Crippen LogP) is 2.63. The molecular formula is C16H21NO3. The molecule has 20 heavy (non-hydrogen) atoms. The van der Waals surface area contributed by atoms with E-state index in [4.69, 9.17) is 4.74 Å². The van der Waals surface area contributed by atoms with E-state index in [2.05, 4.69) is 4.90 Å². The van der Waals surface area contributed by atoms with E-state index in [9.17, 15) is 9.90 Å². The fourth-order valence-electron chi connectivity index (χ4n) is 3.29. The van der Waals surface area contributed by atoms with Gasteiger partial charge in [-0.05, 0) is 37.3 Å². The molecule has 2 unspecified atom stereocenters. The van der Waals surface area contributed by atoms with Crippen LogP contribution < -0.4 is 4.90 Å². The molecule has 0 aromatic heterocycles. The highest BCUT2D eigenvalue weighted by Crippen LogP contribution is 2.35. The van der Waals surface area contributed by atoms with E-state index in [0.29, 0.717) is 12.5 Å². The summed E-state index contributed by atoms with van der Waals surface area (Å²) in [6.45, 7) is 2.66. The lowest BCUT2D eigenvalue weighted by Crippen LogP contribution is -2.35. The quantitative estimate of drug-likeness (QED) is 0.917. The first kappa shape index (κ1) is 13.4. The molecule has 0 radical (unpaired) electrons. The molecule has 1 fully saturated rings. The molecule has 2 heterocycles. The smallest absolute Gasteiger partial charge is 0.311 e. The maximum absolute atomic E-state index is 11.4. The largest absolute Gasteiger partial charge is 0.481 e. The summed E-state index contributed by atoms with van der Waals surface area (Å²) >= 11 is 0. The Kier molecular flexibility index (Phi) is 3.92. The van der Waals surface area contributed by atoms with Crippen molar-refractivity contribution in [3.8, 4) is 0 Å². The third kappa shape index (κ3) is 2.66. The zero-order valence-corrected chi connectivity index (χ0v) is 11.6. The van der Waals surface area contributed by atoms with Gasteiger partial charge in [0.2, 0.25) is 0 Å². The molecule has 0 saturated carbocycles. The van der Waals surface area contributed by atoms with Crippen LogP contribution in [0.4, 0.5) is 5.69 Å². The number of fused-ring (bicyclic) bond motifs is 1. The minimum Gasteiger partial charge on any atom is -0.481 e. The number of rotatable bonds is 4. The van der Waals surface area contributed by atoms with Crippen LogP contribution in [0.3, 0.4) is 0 Å². The van der Waals surface area contributed by atoms with Gasteiger partial charge in [0.15, 0.2) is 0 Å². The van der Waals surface area contributed by atoms with E-state index in [1.165, 1.54) is 6.42 Å². The summed E-state index contributed by atoms with van der Waals surface area (Å²) in [4.78, 5) is 13.7. The molecule has 0 amide bonds. The Hall–Kier alpha value is -1.55. The Morgan fingerprint density at radius 1 is 1.35 bits per heavy atom. The number of para-hydroxylation sites is 1. The molecular weight excluding hydrogens is 254 g/mol. The van der Waals surface area contributed by atoms with Gasteiger partial charge in [0.1, 0.15) is 0 Å². The summed E-state index contributed by atoms with van der Waals surface area (Å²) in [6.07, 6.45) is 4.44. The van der Waals surface area contributed by atoms with Crippen LogP contribution in [0.25, 0.3) is 0 Å². The molecule has 1 N–H and O–H groups in total. The van der Waals surface area contributed by atoms with Crippen LogP contribution in [0.5, 0.6) is 0 Å². The van der Waals surface area contributed by atoms with Gasteiger partial charge in [-0.25, -0.2) is 0 Å². The van der Waals surface area contributed by atoms with Crippen molar-refractivity contribution in [2.24, 2.45) is 0 Å². The molecule has 2 atom stereocenters. The first-order valence-electron chi connectivity index (χ1n) is 7.44. The number of anilines is 1. The average molecular weight is 275 g/mol. The van der Waals surface area contributed by atoms with Crippen LogP contribution in [0.15, 0.2) is 24.3 Å². The van der Waals surface area contributed by atoms with Crippen molar-refractivity contribution < 1.29 is 14.6 Å². The van der Waals surface area contributed by atoms with Crippen LogP contribution in [-0.2, 0) is 9.53 Å². The number of carboxylic acid groups (broad SMARTS) is 1. The normalized spacial score (nSPS) is 25.5. The first-order valence-corrected chi connectivity index (χ1v) is 7.44. The van der Waals surface area contributed by atoms with Crippen molar-refractivity contribution in [1.29, 1.82) is 0 Å². The number of nitrogens with zero attached hydrogens (tertiary/aromatic N) is 1. The maximum Gasteiger partial charge on any atom is 0.311 e. The van der Waals surface area contributed by atoms with Crippen LogP contribution >= 0.6 is 0 Å². The average Bonchev–Trinajstić information content (AvgIpc) is 2.97. The Labute approximate surface area is 119 Å². The predicted molar refractivity (Wildman–Crippen MR) is 77.2 cm³/mol. The Morgan fingerprint density at radius 2 is 2.20 bits per heavy atom. The molecule has 0 spiro atoms. The van der Waals surface area contributed by atoms with E-state index >= 15 is 0 Å². The highest BCUT2D eigenvalue weighted by Gasteiger charge is 2.29. The standard InChI is InChI=1S/C16H21NO3/c18-16(19)14-8-10-17(9-7-12-4-3-11-20-12)15-6-2-1-5-13(14)15/h1-2,5-6,12,14H,3-4,7-11H2,(H,18,19). The minimum absolute atomic E-state index is 0.356. The molecule has 4 nitrogen and oxygen atoms in total. The summed E-state index contributed by atoms with van der Waals surface area (Å²) < 4.78 is 5.67. The van der Waals surface area contributed by atoms with E-state index in [-0.39, 0.29) is 5.92 Å². The highest BCUT2D eigenvalue weighted by molar-refractivity contribution is 5.80. The fraction of sp³-hybridized carbons (Fsp3) is 0.562. The molecule has 0 bridgehead atoms. The summed E-state index contributed by atoms with van der Waals surface area (Å²) in [6, 6.07) is 7.91. The summed E-state index contributed by atoms with van der Waals surface area (Å²) in [7, 11) is 0. The summed E-state index contributed by atoms with van der Waals surface area (Å²) in [5.74, 6) is -1.07. The first-order chi connectivity index (χ1) is 9.75. The van der Waals surface area contributed by atoms with Crippen molar-refractivity contribution in [2.45, 2.75) is 37.7 Å². The lowest BCUT2D eigenvalue weighted by Gasteiger charge is -2.34. The van der Waals surface area contributed by atoms with Crippen molar-refractivity contribution >= 4 is 11.7 Å². The zero-order valence-electron chi connectivity index (χ0n) is 11.6. The van der Waals surface area contributed by atoms with E-state index in [1.54, 1.807) is 0 Å². The number of hydrogen-bond acceptors (Lipinski definition) is 3. The Balaban J connectivity index is 1.72. The third-order valence-electron chi connectivity index (χ3n) is 4.38. The van der Waals surface area contributed by atoms with Gasteiger partial charge in [0.05, 0.1) is 12.0 Å². The molecule has 2 aliphatic heterocycles. The van der Waals surface area contributed by atoms with Gasteiger partial charge < -0.3 is 14.7 Å². The third-order valence-corrected chi connectivity index (χ3v) is 4.38. The SMILES string of the molecule is O=C(O)C1CCN(CCC2CCCO2)c2ccccc21. The lowest BCUT2D eigenvalue weighted by atomic mass is 9.90. The lowest BCUT2D eigenvalue weighted by molar-refractivity contribution is -0.139. The van der Waals surface area contributed by atoms with Gasteiger partial charge >= 0.3 is 5.97 Å². The molecule has 1 aromatic rings. The van der Waals surface area contributed by atoms with Crippen LogP contribution in [0.2, 0.25) is 0 Å². The van der Waals surface area contributed by atoms with Crippen molar-refractivity contribution in [3.05, 3.63) is 29.8 Å². The molecule has 1 aromatic carbocycles. The van der Waals surface area contributed by atoms with Gasteiger partial charge in [-0.3, -0.25) is 4.79 Å². The Bertz CT molecular complexity index is 482. The maximum atomic E-state index is 11.4. The van der Waals surface area contributed by atoms with Gasteiger partial charge in [-0.15, -0.1) is 0 Å². The van der Waals surface area contributed by atoms with E-state index in [1.807, 2.05) is 24.3 Å². The number of ether oxygens (including phenoxy) is 1. The zero-order chi connectivity index (χ0) is 13.9. The molecule has 4 heteroatoms. The number of benzene rings is 1. The second-order valence-corrected chi connectivity index (χ2v) is 5.65. The van der Waals surface area contributed by atoms with Crippen LogP contribution in [-0.4, -0.2) is 36.9 Å². The second-order valence-electron chi connectivity index (χ2n) is 5.65. The van der Waals surface area contributed by atoms with E-state index in [0.717, 1.165) is 43.8 Å². The van der Waals surface area contributed by atoms with Gasteiger partial charge in [-0.2, -0.15) is 0 Å². The molecule has 2 aliphatic rings.